The Hall–Kier alpha value is -2.18. The Bertz CT molecular complexity index is 770. The van der Waals surface area contributed by atoms with Gasteiger partial charge in [-0.25, -0.2) is 14.8 Å². The number of fused-ring (bicyclic) bond motifs is 1. The van der Waals surface area contributed by atoms with Crippen molar-refractivity contribution in [3.63, 3.8) is 0 Å². The molecule has 0 radical (unpaired) electrons. The molecule has 0 bridgehead atoms. The summed E-state index contributed by atoms with van der Waals surface area (Å²) < 4.78 is 1.01. The molecule has 0 saturated carbocycles. The highest BCUT2D eigenvalue weighted by atomic mass is 35.5. The summed E-state index contributed by atoms with van der Waals surface area (Å²) in [5.41, 5.74) is 0.896. The molecule has 0 aliphatic carbocycles. The van der Waals surface area contributed by atoms with Gasteiger partial charge in [0.25, 0.3) is 0 Å². The number of nitrogens with zero attached hydrogens (tertiary/aromatic N) is 2. The molecule has 3 rings (SSSR count). The lowest BCUT2D eigenvalue weighted by Crippen LogP contribution is -2.04. The van der Waals surface area contributed by atoms with Crippen molar-refractivity contribution in [3.05, 3.63) is 47.1 Å². The van der Waals surface area contributed by atoms with E-state index in [1.54, 1.807) is 0 Å². The lowest BCUT2D eigenvalue weighted by molar-refractivity contribution is 0.0697. The average molecular weight is 306 g/mol. The van der Waals surface area contributed by atoms with E-state index in [1.807, 2.05) is 24.3 Å². The van der Waals surface area contributed by atoms with Crippen LogP contribution in [0.4, 0.5) is 10.9 Å². The molecule has 2 aromatic heterocycles. The standard InChI is InChI=1S/C13H8ClN3O2S/c14-10-6-5-7(12(18)19)11(16-10)17-13-15-8-3-1-2-4-9(8)20-13/h1-6H,(H,18,19)(H,15,16,17). The molecule has 0 amide bonds. The van der Waals surface area contributed by atoms with Gasteiger partial charge in [-0.05, 0) is 24.3 Å². The number of hydrogen-bond donors (Lipinski definition) is 2. The number of aromatic nitrogens is 2. The first-order valence-corrected chi connectivity index (χ1v) is 6.85. The van der Waals surface area contributed by atoms with E-state index in [1.165, 1.54) is 23.5 Å². The Balaban J connectivity index is 2.01. The summed E-state index contributed by atoms with van der Waals surface area (Å²) in [5.74, 6) is -0.887. The predicted octanol–water partition coefficient (Wildman–Crippen LogP) is 3.79. The zero-order chi connectivity index (χ0) is 14.1. The van der Waals surface area contributed by atoms with Crippen LogP contribution in [0.25, 0.3) is 10.2 Å². The molecule has 0 fully saturated rings. The van der Waals surface area contributed by atoms with Crippen molar-refractivity contribution in [3.8, 4) is 0 Å². The largest absolute Gasteiger partial charge is 0.478 e. The zero-order valence-electron chi connectivity index (χ0n) is 10.0. The van der Waals surface area contributed by atoms with Crippen molar-refractivity contribution >= 4 is 50.1 Å². The Kier molecular flexibility index (Phi) is 3.25. The Labute approximate surface area is 122 Å². The van der Waals surface area contributed by atoms with Gasteiger partial charge in [-0.3, -0.25) is 0 Å². The SMILES string of the molecule is O=C(O)c1ccc(Cl)nc1Nc1nc2ccccc2s1. The van der Waals surface area contributed by atoms with Gasteiger partial charge in [0.1, 0.15) is 16.5 Å². The van der Waals surface area contributed by atoms with Crippen LogP contribution in [0.3, 0.4) is 0 Å². The van der Waals surface area contributed by atoms with Crippen LogP contribution >= 0.6 is 22.9 Å². The van der Waals surface area contributed by atoms with Crippen molar-refractivity contribution in [2.45, 2.75) is 0 Å². The number of nitrogens with one attached hydrogen (secondary N) is 1. The van der Waals surface area contributed by atoms with Crippen LogP contribution in [0.5, 0.6) is 0 Å². The second kappa shape index (κ2) is 5.07. The third-order valence-corrected chi connectivity index (χ3v) is 3.77. The highest BCUT2D eigenvalue weighted by Gasteiger charge is 2.14. The van der Waals surface area contributed by atoms with E-state index in [9.17, 15) is 4.79 Å². The fourth-order valence-corrected chi connectivity index (χ4v) is 2.74. The lowest BCUT2D eigenvalue weighted by atomic mass is 10.2. The molecular weight excluding hydrogens is 298 g/mol. The van der Waals surface area contributed by atoms with E-state index in [4.69, 9.17) is 16.7 Å². The number of thiazole rings is 1. The lowest BCUT2D eigenvalue weighted by Gasteiger charge is -2.05. The molecular formula is C13H8ClN3O2S. The van der Waals surface area contributed by atoms with Gasteiger partial charge < -0.3 is 10.4 Å². The van der Waals surface area contributed by atoms with E-state index in [0.717, 1.165) is 10.2 Å². The Morgan fingerprint density at radius 3 is 2.75 bits per heavy atom. The normalized spacial score (nSPS) is 10.7. The first-order chi connectivity index (χ1) is 9.63. The minimum absolute atomic E-state index is 0.0497. The van der Waals surface area contributed by atoms with Crippen LogP contribution in [-0.2, 0) is 0 Å². The summed E-state index contributed by atoms with van der Waals surface area (Å²) >= 11 is 7.23. The van der Waals surface area contributed by atoms with Gasteiger partial charge in [0.05, 0.1) is 10.2 Å². The molecule has 5 nitrogen and oxygen atoms in total. The molecule has 1 aromatic carbocycles. The molecule has 0 saturated heterocycles. The van der Waals surface area contributed by atoms with Gasteiger partial charge in [0, 0.05) is 0 Å². The number of pyridine rings is 1. The number of aromatic carboxylic acids is 1. The predicted molar refractivity (Wildman–Crippen MR) is 79.1 cm³/mol. The Morgan fingerprint density at radius 1 is 1.20 bits per heavy atom. The number of carboxylic acid groups (broad SMARTS) is 1. The number of rotatable bonds is 3. The van der Waals surface area contributed by atoms with Crippen LogP contribution in [0.15, 0.2) is 36.4 Å². The molecule has 0 spiro atoms. The number of carboxylic acids is 1. The van der Waals surface area contributed by atoms with E-state index in [2.05, 4.69) is 15.3 Å². The van der Waals surface area contributed by atoms with Crippen LogP contribution in [0.2, 0.25) is 5.15 Å². The molecule has 100 valence electrons. The molecule has 0 unspecified atom stereocenters. The third-order valence-electron chi connectivity index (χ3n) is 2.61. The molecule has 7 heteroatoms. The van der Waals surface area contributed by atoms with Gasteiger partial charge in [0.15, 0.2) is 5.13 Å². The van der Waals surface area contributed by atoms with E-state index < -0.39 is 5.97 Å². The highest BCUT2D eigenvalue weighted by molar-refractivity contribution is 7.22. The quantitative estimate of drug-likeness (QED) is 0.720. The molecule has 0 aliphatic rings. The van der Waals surface area contributed by atoms with Gasteiger partial charge in [-0.1, -0.05) is 35.1 Å². The van der Waals surface area contributed by atoms with Crippen LogP contribution in [0.1, 0.15) is 10.4 Å². The summed E-state index contributed by atoms with van der Waals surface area (Å²) in [6.07, 6.45) is 0. The molecule has 0 atom stereocenters. The second-order valence-electron chi connectivity index (χ2n) is 3.95. The van der Waals surface area contributed by atoms with Crippen LogP contribution in [-0.4, -0.2) is 21.0 Å². The minimum Gasteiger partial charge on any atom is -0.478 e. The minimum atomic E-state index is -1.07. The highest BCUT2D eigenvalue weighted by Crippen LogP contribution is 2.29. The molecule has 3 aromatic rings. The second-order valence-corrected chi connectivity index (χ2v) is 5.36. The number of benzene rings is 1. The summed E-state index contributed by atoms with van der Waals surface area (Å²) in [7, 11) is 0. The van der Waals surface area contributed by atoms with E-state index >= 15 is 0 Å². The number of anilines is 2. The van der Waals surface area contributed by atoms with E-state index in [0.29, 0.717) is 5.13 Å². The maximum Gasteiger partial charge on any atom is 0.339 e. The summed E-state index contributed by atoms with van der Waals surface area (Å²) in [5, 5.41) is 12.8. The fraction of sp³-hybridized carbons (Fsp3) is 0. The molecule has 2 N–H and O–H groups in total. The van der Waals surface area contributed by atoms with Crippen LogP contribution in [0, 0.1) is 0 Å². The molecule has 2 heterocycles. The van der Waals surface area contributed by atoms with Gasteiger partial charge in [0.2, 0.25) is 0 Å². The van der Waals surface area contributed by atoms with Crippen molar-refractivity contribution < 1.29 is 9.90 Å². The first-order valence-electron chi connectivity index (χ1n) is 5.66. The molecule has 0 aliphatic heterocycles. The smallest absolute Gasteiger partial charge is 0.339 e. The van der Waals surface area contributed by atoms with Crippen molar-refractivity contribution in [1.29, 1.82) is 0 Å². The van der Waals surface area contributed by atoms with Crippen molar-refractivity contribution in [2.24, 2.45) is 0 Å². The summed E-state index contributed by atoms with van der Waals surface area (Å²) in [6, 6.07) is 10.5. The number of carbonyl (C=O) groups is 1. The zero-order valence-corrected chi connectivity index (χ0v) is 11.6. The maximum atomic E-state index is 11.2. The summed E-state index contributed by atoms with van der Waals surface area (Å²) in [4.78, 5) is 19.5. The number of hydrogen-bond acceptors (Lipinski definition) is 5. The summed E-state index contributed by atoms with van der Waals surface area (Å²) in [6.45, 7) is 0. The first kappa shape index (κ1) is 12.8. The van der Waals surface area contributed by atoms with Gasteiger partial charge in [-0.15, -0.1) is 0 Å². The average Bonchev–Trinajstić information content (AvgIpc) is 2.80. The van der Waals surface area contributed by atoms with Crippen LogP contribution < -0.4 is 5.32 Å². The van der Waals surface area contributed by atoms with Crippen molar-refractivity contribution in [2.75, 3.05) is 5.32 Å². The topological polar surface area (TPSA) is 75.1 Å². The van der Waals surface area contributed by atoms with Gasteiger partial charge >= 0.3 is 5.97 Å². The van der Waals surface area contributed by atoms with E-state index in [-0.39, 0.29) is 16.5 Å². The molecule has 20 heavy (non-hydrogen) atoms. The number of para-hydroxylation sites is 1. The fourth-order valence-electron chi connectivity index (χ4n) is 1.73. The Morgan fingerprint density at radius 2 is 2.00 bits per heavy atom. The van der Waals surface area contributed by atoms with Crippen molar-refractivity contribution in [1.82, 2.24) is 9.97 Å². The monoisotopic (exact) mass is 305 g/mol. The third kappa shape index (κ3) is 2.43. The number of halogens is 1. The van der Waals surface area contributed by atoms with Gasteiger partial charge in [-0.2, -0.15) is 0 Å². The maximum absolute atomic E-state index is 11.2.